The van der Waals surface area contributed by atoms with Crippen LogP contribution in [0.1, 0.15) is 30.0 Å². The quantitative estimate of drug-likeness (QED) is 0.834. The monoisotopic (exact) mass is 211 g/mol. The lowest BCUT2D eigenvalue weighted by Crippen LogP contribution is -2.39. The van der Waals surface area contributed by atoms with E-state index in [0.717, 1.165) is 30.0 Å². The SMILES string of the molecule is Cc1nc(CC2(C(=O)O)CCC2)cs1. The van der Waals surface area contributed by atoms with Crippen molar-refractivity contribution in [3.05, 3.63) is 16.1 Å². The van der Waals surface area contributed by atoms with Gasteiger partial charge in [0, 0.05) is 11.8 Å². The molecule has 0 amide bonds. The van der Waals surface area contributed by atoms with Gasteiger partial charge < -0.3 is 5.11 Å². The number of aliphatic carboxylic acids is 1. The molecular formula is C10H13NO2S. The van der Waals surface area contributed by atoms with E-state index in [1.54, 1.807) is 11.3 Å². The zero-order chi connectivity index (χ0) is 10.2. The van der Waals surface area contributed by atoms with Crippen LogP contribution in [0, 0.1) is 12.3 Å². The summed E-state index contributed by atoms with van der Waals surface area (Å²) in [6.45, 7) is 1.95. The standard InChI is InChI=1S/C10H13NO2S/c1-7-11-8(6-14-7)5-10(9(12)13)3-2-4-10/h6H,2-5H2,1H3,(H,12,13). The largest absolute Gasteiger partial charge is 0.481 e. The van der Waals surface area contributed by atoms with Crippen molar-refractivity contribution in [3.63, 3.8) is 0 Å². The third-order valence-corrected chi connectivity index (χ3v) is 3.77. The second-order valence-corrected chi connectivity index (χ2v) is 5.04. The lowest BCUT2D eigenvalue weighted by molar-refractivity contribution is -0.154. The molecule has 2 rings (SSSR count). The Hall–Kier alpha value is -0.900. The van der Waals surface area contributed by atoms with E-state index in [4.69, 9.17) is 5.11 Å². The average Bonchev–Trinajstić information content (AvgIpc) is 2.43. The summed E-state index contributed by atoms with van der Waals surface area (Å²) in [5.41, 5.74) is 0.440. The highest BCUT2D eigenvalue weighted by molar-refractivity contribution is 7.09. The Balaban J connectivity index is 2.12. The highest BCUT2D eigenvalue weighted by Crippen LogP contribution is 2.43. The molecule has 1 fully saturated rings. The first-order chi connectivity index (χ1) is 6.62. The fourth-order valence-corrected chi connectivity index (χ4v) is 2.52. The van der Waals surface area contributed by atoms with E-state index in [1.165, 1.54) is 0 Å². The first-order valence-corrected chi connectivity index (χ1v) is 5.65. The van der Waals surface area contributed by atoms with Gasteiger partial charge in [-0.05, 0) is 19.8 Å². The highest BCUT2D eigenvalue weighted by Gasteiger charge is 2.44. The molecule has 3 nitrogen and oxygen atoms in total. The summed E-state index contributed by atoms with van der Waals surface area (Å²) in [4.78, 5) is 15.4. The Labute approximate surface area is 86.8 Å². The van der Waals surface area contributed by atoms with Crippen LogP contribution in [0.15, 0.2) is 5.38 Å². The molecule has 0 saturated heterocycles. The molecule has 1 aromatic heterocycles. The summed E-state index contributed by atoms with van der Waals surface area (Å²) in [5.74, 6) is -0.658. The number of aryl methyl sites for hydroxylation is 1. The number of rotatable bonds is 3. The Morgan fingerprint density at radius 2 is 2.43 bits per heavy atom. The van der Waals surface area contributed by atoms with Crippen LogP contribution in [0.4, 0.5) is 0 Å². The zero-order valence-corrected chi connectivity index (χ0v) is 8.93. The van der Waals surface area contributed by atoms with Crippen molar-refractivity contribution in [1.82, 2.24) is 4.98 Å². The van der Waals surface area contributed by atoms with E-state index in [0.29, 0.717) is 6.42 Å². The molecule has 0 aromatic carbocycles. The van der Waals surface area contributed by atoms with Gasteiger partial charge >= 0.3 is 5.97 Å². The van der Waals surface area contributed by atoms with Gasteiger partial charge in [0.2, 0.25) is 0 Å². The zero-order valence-electron chi connectivity index (χ0n) is 8.12. The van der Waals surface area contributed by atoms with Crippen molar-refractivity contribution in [2.45, 2.75) is 32.6 Å². The number of hydrogen-bond donors (Lipinski definition) is 1. The van der Waals surface area contributed by atoms with Crippen LogP contribution in [-0.2, 0) is 11.2 Å². The number of nitrogens with zero attached hydrogens (tertiary/aromatic N) is 1. The topological polar surface area (TPSA) is 50.2 Å². The molecule has 1 saturated carbocycles. The Morgan fingerprint density at radius 3 is 2.79 bits per heavy atom. The van der Waals surface area contributed by atoms with Crippen molar-refractivity contribution in [2.75, 3.05) is 0 Å². The lowest BCUT2D eigenvalue weighted by atomic mass is 9.66. The van der Waals surface area contributed by atoms with Crippen LogP contribution >= 0.6 is 11.3 Å². The summed E-state index contributed by atoms with van der Waals surface area (Å²) in [6.07, 6.45) is 3.25. The summed E-state index contributed by atoms with van der Waals surface area (Å²) in [7, 11) is 0. The summed E-state index contributed by atoms with van der Waals surface area (Å²) in [6, 6.07) is 0. The predicted octanol–water partition coefficient (Wildman–Crippen LogP) is 2.25. The van der Waals surface area contributed by atoms with E-state index >= 15 is 0 Å². The van der Waals surface area contributed by atoms with E-state index in [-0.39, 0.29) is 0 Å². The van der Waals surface area contributed by atoms with Crippen molar-refractivity contribution in [2.24, 2.45) is 5.41 Å². The van der Waals surface area contributed by atoms with Gasteiger partial charge in [0.05, 0.1) is 16.1 Å². The maximum atomic E-state index is 11.1. The molecule has 76 valence electrons. The molecule has 0 spiro atoms. The van der Waals surface area contributed by atoms with E-state index in [2.05, 4.69) is 4.98 Å². The molecule has 1 heterocycles. The fraction of sp³-hybridized carbons (Fsp3) is 0.600. The van der Waals surface area contributed by atoms with Gasteiger partial charge in [-0.3, -0.25) is 4.79 Å². The molecule has 1 aliphatic carbocycles. The molecule has 4 heteroatoms. The van der Waals surface area contributed by atoms with Crippen LogP contribution in [0.5, 0.6) is 0 Å². The van der Waals surface area contributed by atoms with E-state index < -0.39 is 11.4 Å². The molecule has 14 heavy (non-hydrogen) atoms. The van der Waals surface area contributed by atoms with E-state index in [9.17, 15) is 4.79 Å². The van der Waals surface area contributed by atoms with Gasteiger partial charge in [-0.25, -0.2) is 4.98 Å². The van der Waals surface area contributed by atoms with Gasteiger partial charge in [-0.1, -0.05) is 6.42 Å². The first kappa shape index (κ1) is 9.65. The molecule has 0 atom stereocenters. The maximum Gasteiger partial charge on any atom is 0.310 e. The summed E-state index contributed by atoms with van der Waals surface area (Å²) < 4.78 is 0. The second-order valence-electron chi connectivity index (χ2n) is 3.97. The number of aromatic nitrogens is 1. The number of carboxylic acids is 1. The van der Waals surface area contributed by atoms with Gasteiger partial charge in [-0.2, -0.15) is 0 Å². The van der Waals surface area contributed by atoms with Crippen molar-refractivity contribution < 1.29 is 9.90 Å². The Morgan fingerprint density at radius 1 is 1.71 bits per heavy atom. The number of hydrogen-bond acceptors (Lipinski definition) is 3. The van der Waals surface area contributed by atoms with Crippen LogP contribution in [0.2, 0.25) is 0 Å². The van der Waals surface area contributed by atoms with Gasteiger partial charge in [0.25, 0.3) is 0 Å². The molecule has 0 unspecified atom stereocenters. The predicted molar refractivity (Wildman–Crippen MR) is 54.5 cm³/mol. The first-order valence-electron chi connectivity index (χ1n) is 4.77. The molecular weight excluding hydrogens is 198 g/mol. The van der Waals surface area contributed by atoms with E-state index in [1.807, 2.05) is 12.3 Å². The Bertz CT molecular complexity index is 355. The minimum Gasteiger partial charge on any atom is -0.481 e. The van der Waals surface area contributed by atoms with Gasteiger partial charge in [-0.15, -0.1) is 11.3 Å². The van der Waals surface area contributed by atoms with Crippen molar-refractivity contribution in [1.29, 1.82) is 0 Å². The lowest BCUT2D eigenvalue weighted by Gasteiger charge is -2.37. The third kappa shape index (κ3) is 1.54. The fourth-order valence-electron chi connectivity index (χ4n) is 1.91. The number of thiazole rings is 1. The normalized spacial score (nSPS) is 18.9. The Kier molecular flexibility index (Phi) is 2.31. The van der Waals surface area contributed by atoms with Crippen LogP contribution < -0.4 is 0 Å². The maximum absolute atomic E-state index is 11.1. The molecule has 1 aliphatic rings. The smallest absolute Gasteiger partial charge is 0.310 e. The van der Waals surface area contributed by atoms with Crippen molar-refractivity contribution >= 4 is 17.3 Å². The van der Waals surface area contributed by atoms with Crippen LogP contribution in [0.3, 0.4) is 0 Å². The third-order valence-electron chi connectivity index (χ3n) is 2.95. The van der Waals surface area contributed by atoms with Crippen LogP contribution in [-0.4, -0.2) is 16.1 Å². The molecule has 0 aliphatic heterocycles. The van der Waals surface area contributed by atoms with Crippen molar-refractivity contribution in [3.8, 4) is 0 Å². The van der Waals surface area contributed by atoms with Gasteiger partial charge in [0.1, 0.15) is 0 Å². The molecule has 0 bridgehead atoms. The van der Waals surface area contributed by atoms with Crippen LogP contribution in [0.25, 0.3) is 0 Å². The number of carboxylic acid groups (broad SMARTS) is 1. The van der Waals surface area contributed by atoms with Gasteiger partial charge in [0.15, 0.2) is 0 Å². The second kappa shape index (κ2) is 3.35. The molecule has 1 aromatic rings. The summed E-state index contributed by atoms with van der Waals surface area (Å²) >= 11 is 1.59. The molecule has 0 radical (unpaired) electrons. The minimum atomic E-state index is -0.658. The highest BCUT2D eigenvalue weighted by atomic mass is 32.1. The average molecular weight is 211 g/mol. The number of carbonyl (C=O) groups is 1. The minimum absolute atomic E-state index is 0.499. The summed E-state index contributed by atoms with van der Waals surface area (Å²) in [5, 5.41) is 12.1. The molecule has 1 N–H and O–H groups in total.